The first kappa shape index (κ1) is 14.6. The van der Waals surface area contributed by atoms with Crippen molar-refractivity contribution in [1.82, 2.24) is 0 Å². The first-order valence-corrected chi connectivity index (χ1v) is 7.26. The third-order valence-electron chi connectivity index (χ3n) is 3.13. The van der Waals surface area contributed by atoms with Crippen LogP contribution in [0.15, 0.2) is 40.9 Å². The summed E-state index contributed by atoms with van der Waals surface area (Å²) in [4.78, 5) is 12.2. The van der Waals surface area contributed by atoms with Gasteiger partial charge in [-0.2, -0.15) is 0 Å². The average molecular weight is 333 g/mol. The molecular formula is C16H17BrN2O. The molecule has 0 fully saturated rings. The van der Waals surface area contributed by atoms with Crippen LogP contribution in [0.2, 0.25) is 0 Å². The van der Waals surface area contributed by atoms with E-state index >= 15 is 0 Å². The van der Waals surface area contributed by atoms with E-state index in [4.69, 9.17) is 5.73 Å². The zero-order valence-electron chi connectivity index (χ0n) is 11.5. The quantitative estimate of drug-likeness (QED) is 0.829. The Bertz CT molecular complexity index is 612. The average Bonchev–Trinajstić information content (AvgIpc) is 2.42. The van der Waals surface area contributed by atoms with Gasteiger partial charge in [-0.1, -0.05) is 19.1 Å². The molecule has 0 aliphatic rings. The highest BCUT2D eigenvalue weighted by atomic mass is 79.9. The maximum absolute atomic E-state index is 12.2. The summed E-state index contributed by atoms with van der Waals surface area (Å²) < 4.78 is 0.786. The topological polar surface area (TPSA) is 55.1 Å². The lowest BCUT2D eigenvalue weighted by Crippen LogP contribution is -2.13. The van der Waals surface area contributed by atoms with Crippen molar-refractivity contribution in [3.63, 3.8) is 0 Å². The predicted molar refractivity (Wildman–Crippen MR) is 87.1 cm³/mol. The Hall–Kier alpha value is -1.81. The number of carbonyl (C=O) groups excluding carboxylic acids is 1. The van der Waals surface area contributed by atoms with E-state index < -0.39 is 0 Å². The predicted octanol–water partition coefficient (Wildman–Crippen LogP) is 4.15. The van der Waals surface area contributed by atoms with E-state index in [-0.39, 0.29) is 5.91 Å². The summed E-state index contributed by atoms with van der Waals surface area (Å²) in [6.07, 6.45) is 0.957. The standard InChI is InChI=1S/C16H17BrN2O/c1-3-11-4-6-12(7-5-11)16(20)19-15-13(17)8-10(2)9-14(15)18/h4-9H,3,18H2,1-2H3,(H,19,20). The summed E-state index contributed by atoms with van der Waals surface area (Å²) >= 11 is 3.43. The summed E-state index contributed by atoms with van der Waals surface area (Å²) in [5.41, 5.74) is 9.98. The number of nitrogens with one attached hydrogen (secondary N) is 1. The Morgan fingerprint density at radius 2 is 1.90 bits per heavy atom. The second-order valence-electron chi connectivity index (χ2n) is 4.72. The Labute approximate surface area is 127 Å². The second kappa shape index (κ2) is 6.09. The minimum atomic E-state index is -0.163. The lowest BCUT2D eigenvalue weighted by Gasteiger charge is -2.11. The van der Waals surface area contributed by atoms with E-state index in [0.717, 1.165) is 16.5 Å². The van der Waals surface area contributed by atoms with Gasteiger partial charge < -0.3 is 11.1 Å². The van der Waals surface area contributed by atoms with Crippen molar-refractivity contribution in [2.45, 2.75) is 20.3 Å². The third kappa shape index (κ3) is 3.20. The molecule has 0 saturated heterocycles. The van der Waals surface area contributed by atoms with Crippen LogP contribution in [-0.2, 0) is 6.42 Å². The van der Waals surface area contributed by atoms with E-state index in [1.54, 1.807) is 0 Å². The molecule has 0 heterocycles. The number of carbonyl (C=O) groups is 1. The number of nitrogen functional groups attached to an aromatic ring is 1. The number of anilines is 2. The van der Waals surface area contributed by atoms with Crippen molar-refractivity contribution in [3.05, 3.63) is 57.6 Å². The van der Waals surface area contributed by atoms with E-state index in [9.17, 15) is 4.79 Å². The van der Waals surface area contributed by atoms with Crippen LogP contribution < -0.4 is 11.1 Å². The Kier molecular flexibility index (Phi) is 4.45. The van der Waals surface area contributed by atoms with E-state index in [2.05, 4.69) is 28.2 Å². The van der Waals surface area contributed by atoms with Crippen LogP contribution >= 0.6 is 15.9 Å². The molecule has 0 unspecified atom stereocenters. The van der Waals surface area contributed by atoms with E-state index in [1.165, 1.54) is 5.56 Å². The van der Waals surface area contributed by atoms with Gasteiger partial charge in [0.1, 0.15) is 0 Å². The van der Waals surface area contributed by atoms with Gasteiger partial charge in [-0.15, -0.1) is 0 Å². The van der Waals surface area contributed by atoms with Gasteiger partial charge in [0.25, 0.3) is 5.91 Å². The van der Waals surface area contributed by atoms with Gasteiger partial charge in [0.2, 0.25) is 0 Å². The Morgan fingerprint density at radius 1 is 1.25 bits per heavy atom. The maximum Gasteiger partial charge on any atom is 0.255 e. The van der Waals surface area contributed by atoms with Gasteiger partial charge in [-0.25, -0.2) is 0 Å². The lowest BCUT2D eigenvalue weighted by molar-refractivity contribution is 0.102. The largest absolute Gasteiger partial charge is 0.397 e. The molecule has 0 aromatic heterocycles. The summed E-state index contributed by atoms with van der Waals surface area (Å²) in [5.74, 6) is -0.163. The number of hydrogen-bond donors (Lipinski definition) is 2. The maximum atomic E-state index is 12.2. The number of halogens is 1. The van der Waals surface area contributed by atoms with Crippen molar-refractivity contribution < 1.29 is 4.79 Å². The number of amides is 1. The fourth-order valence-corrected chi connectivity index (χ4v) is 2.67. The zero-order chi connectivity index (χ0) is 14.7. The molecule has 104 valence electrons. The van der Waals surface area contributed by atoms with Crippen LogP contribution in [0.5, 0.6) is 0 Å². The molecule has 0 bridgehead atoms. The van der Waals surface area contributed by atoms with E-state index in [0.29, 0.717) is 16.9 Å². The van der Waals surface area contributed by atoms with Gasteiger partial charge in [0.15, 0.2) is 0 Å². The van der Waals surface area contributed by atoms with Crippen LogP contribution in [-0.4, -0.2) is 5.91 Å². The first-order valence-electron chi connectivity index (χ1n) is 6.47. The van der Waals surface area contributed by atoms with Crippen molar-refractivity contribution in [3.8, 4) is 0 Å². The molecular weight excluding hydrogens is 316 g/mol. The summed E-state index contributed by atoms with van der Waals surface area (Å²) in [7, 11) is 0. The number of rotatable bonds is 3. The first-order chi connectivity index (χ1) is 9.51. The highest BCUT2D eigenvalue weighted by Crippen LogP contribution is 2.30. The minimum absolute atomic E-state index is 0.163. The molecule has 0 aliphatic heterocycles. The van der Waals surface area contributed by atoms with Crippen LogP contribution in [0.1, 0.15) is 28.4 Å². The molecule has 2 aromatic carbocycles. The lowest BCUT2D eigenvalue weighted by atomic mass is 10.1. The fourth-order valence-electron chi connectivity index (χ4n) is 1.98. The molecule has 1 amide bonds. The van der Waals surface area contributed by atoms with Crippen LogP contribution in [0, 0.1) is 6.92 Å². The highest BCUT2D eigenvalue weighted by Gasteiger charge is 2.11. The summed E-state index contributed by atoms with van der Waals surface area (Å²) in [5, 5.41) is 2.85. The van der Waals surface area contributed by atoms with Gasteiger partial charge in [-0.3, -0.25) is 4.79 Å². The van der Waals surface area contributed by atoms with Crippen LogP contribution in [0.25, 0.3) is 0 Å². The highest BCUT2D eigenvalue weighted by molar-refractivity contribution is 9.10. The molecule has 0 radical (unpaired) electrons. The molecule has 0 spiro atoms. The molecule has 3 nitrogen and oxygen atoms in total. The molecule has 3 N–H and O–H groups in total. The molecule has 0 atom stereocenters. The molecule has 2 aromatic rings. The van der Waals surface area contributed by atoms with E-state index in [1.807, 2.05) is 43.3 Å². The number of hydrogen-bond acceptors (Lipinski definition) is 2. The number of aryl methyl sites for hydroxylation is 2. The molecule has 4 heteroatoms. The van der Waals surface area contributed by atoms with Crippen molar-refractivity contribution >= 4 is 33.2 Å². The minimum Gasteiger partial charge on any atom is -0.397 e. The molecule has 2 rings (SSSR count). The van der Waals surface area contributed by atoms with Crippen molar-refractivity contribution in [1.29, 1.82) is 0 Å². The van der Waals surface area contributed by atoms with Crippen LogP contribution in [0.4, 0.5) is 11.4 Å². The molecule has 0 aliphatic carbocycles. The second-order valence-corrected chi connectivity index (χ2v) is 5.57. The summed E-state index contributed by atoms with van der Waals surface area (Å²) in [6, 6.07) is 11.3. The molecule has 20 heavy (non-hydrogen) atoms. The monoisotopic (exact) mass is 332 g/mol. The van der Waals surface area contributed by atoms with Gasteiger partial charge in [0.05, 0.1) is 11.4 Å². The Morgan fingerprint density at radius 3 is 2.45 bits per heavy atom. The smallest absolute Gasteiger partial charge is 0.255 e. The summed E-state index contributed by atoms with van der Waals surface area (Å²) in [6.45, 7) is 4.04. The van der Waals surface area contributed by atoms with Gasteiger partial charge in [-0.05, 0) is 64.7 Å². The number of benzene rings is 2. The number of nitrogens with two attached hydrogens (primary N) is 1. The van der Waals surface area contributed by atoms with Crippen molar-refractivity contribution in [2.75, 3.05) is 11.1 Å². The van der Waals surface area contributed by atoms with Crippen molar-refractivity contribution in [2.24, 2.45) is 0 Å². The third-order valence-corrected chi connectivity index (χ3v) is 3.75. The van der Waals surface area contributed by atoms with Gasteiger partial charge in [0, 0.05) is 10.0 Å². The normalized spacial score (nSPS) is 10.3. The zero-order valence-corrected chi connectivity index (χ0v) is 13.1. The molecule has 0 saturated carbocycles. The van der Waals surface area contributed by atoms with Crippen LogP contribution in [0.3, 0.4) is 0 Å². The van der Waals surface area contributed by atoms with Gasteiger partial charge >= 0.3 is 0 Å². The SMILES string of the molecule is CCc1ccc(C(=O)Nc2c(N)cc(C)cc2Br)cc1. The fraction of sp³-hybridized carbons (Fsp3) is 0.188. The Balaban J connectivity index is 2.23.